The fraction of sp³-hybridized carbons (Fsp3) is 0.0833. The molecule has 0 radical (unpaired) electrons. The van der Waals surface area contributed by atoms with Gasteiger partial charge in [-0.1, -0.05) is 11.6 Å². The predicted molar refractivity (Wildman–Crippen MR) is 75.5 cm³/mol. The lowest BCUT2D eigenvalue weighted by Gasteiger charge is -2.07. The van der Waals surface area contributed by atoms with E-state index in [0.717, 1.165) is 9.47 Å². The molecule has 1 N–H and O–H groups in total. The van der Waals surface area contributed by atoms with E-state index in [2.05, 4.69) is 38.8 Å². The summed E-state index contributed by atoms with van der Waals surface area (Å²) in [4.78, 5) is 0. The molecule has 2 nitrogen and oxygen atoms in total. The number of nitrogens with one attached hydrogen (secondary N) is 1. The lowest BCUT2D eigenvalue weighted by Crippen LogP contribution is -1.98. The highest BCUT2D eigenvalue weighted by Crippen LogP contribution is 2.25. The first-order chi connectivity index (χ1) is 8.19. The number of benzene rings is 1. The van der Waals surface area contributed by atoms with Gasteiger partial charge in [0.05, 0.1) is 26.1 Å². The van der Waals surface area contributed by atoms with Crippen LogP contribution in [-0.4, -0.2) is 0 Å². The molecule has 0 unspecified atom stereocenters. The number of nitrogens with zero attached hydrogens (tertiary/aromatic N) is 1. The molecular weight excluding hydrogens is 320 g/mol. The molecule has 2 rings (SSSR count). The van der Waals surface area contributed by atoms with E-state index in [0.29, 0.717) is 17.1 Å². The van der Waals surface area contributed by atoms with E-state index in [1.54, 1.807) is 23.5 Å². The zero-order chi connectivity index (χ0) is 12.3. The summed E-state index contributed by atoms with van der Waals surface area (Å²) in [6.07, 6.45) is 0. The van der Waals surface area contributed by atoms with E-state index in [9.17, 15) is 0 Å². The van der Waals surface area contributed by atoms with Crippen LogP contribution in [0, 0.1) is 11.3 Å². The normalized spacial score (nSPS) is 9.94. The molecule has 86 valence electrons. The van der Waals surface area contributed by atoms with Crippen molar-refractivity contribution in [1.82, 2.24) is 0 Å². The zero-order valence-corrected chi connectivity index (χ0v) is 11.9. The molecule has 0 saturated heterocycles. The van der Waals surface area contributed by atoms with Crippen LogP contribution in [0.1, 0.15) is 11.1 Å². The van der Waals surface area contributed by atoms with Gasteiger partial charge in [0.15, 0.2) is 0 Å². The van der Waals surface area contributed by atoms with Crippen molar-refractivity contribution in [3.8, 4) is 6.07 Å². The summed E-state index contributed by atoms with van der Waals surface area (Å²) < 4.78 is 1.11. The van der Waals surface area contributed by atoms with Crippen LogP contribution in [0.5, 0.6) is 0 Å². The fourth-order valence-corrected chi connectivity index (χ4v) is 2.82. The smallest absolute Gasteiger partial charge is 0.0992 e. The van der Waals surface area contributed by atoms with Gasteiger partial charge in [-0.25, -0.2) is 0 Å². The number of hydrogen-bond donors (Lipinski definition) is 1. The third-order valence-corrected chi connectivity index (χ3v) is 4.07. The van der Waals surface area contributed by atoms with Crippen LogP contribution in [0.2, 0.25) is 5.02 Å². The van der Waals surface area contributed by atoms with Gasteiger partial charge < -0.3 is 5.32 Å². The minimum Gasteiger partial charge on any atom is -0.380 e. The van der Waals surface area contributed by atoms with Gasteiger partial charge in [-0.05, 0) is 51.1 Å². The SMILES string of the molecule is N#Cc1ccc(NCc2csc(Br)c2)c(Cl)c1. The van der Waals surface area contributed by atoms with Crippen LogP contribution in [0.3, 0.4) is 0 Å². The average molecular weight is 328 g/mol. The third kappa shape index (κ3) is 3.22. The second-order valence-corrected chi connectivity index (χ2v) is 6.12. The van der Waals surface area contributed by atoms with Crippen molar-refractivity contribution in [1.29, 1.82) is 5.26 Å². The number of hydrogen-bond acceptors (Lipinski definition) is 3. The van der Waals surface area contributed by atoms with Crippen LogP contribution >= 0.6 is 38.9 Å². The van der Waals surface area contributed by atoms with Gasteiger partial charge in [0.2, 0.25) is 0 Å². The molecule has 1 heterocycles. The van der Waals surface area contributed by atoms with Crippen LogP contribution in [-0.2, 0) is 6.54 Å². The van der Waals surface area contributed by atoms with Gasteiger partial charge in [0.25, 0.3) is 0 Å². The van der Waals surface area contributed by atoms with Crippen LogP contribution in [0.25, 0.3) is 0 Å². The molecule has 0 aliphatic carbocycles. The second kappa shape index (κ2) is 5.54. The Hall–Kier alpha value is -1.02. The lowest BCUT2D eigenvalue weighted by molar-refractivity contribution is 1.16. The van der Waals surface area contributed by atoms with Crippen molar-refractivity contribution in [2.24, 2.45) is 0 Å². The maximum absolute atomic E-state index is 8.73. The quantitative estimate of drug-likeness (QED) is 0.891. The Morgan fingerprint density at radius 1 is 1.41 bits per heavy atom. The number of nitriles is 1. The van der Waals surface area contributed by atoms with Crippen molar-refractivity contribution in [3.05, 3.63) is 49.6 Å². The molecule has 0 fully saturated rings. The molecule has 0 aliphatic heterocycles. The number of thiophene rings is 1. The highest BCUT2D eigenvalue weighted by atomic mass is 79.9. The van der Waals surface area contributed by atoms with E-state index in [1.165, 1.54) is 5.56 Å². The standard InChI is InChI=1S/C12H8BrClN2S/c13-12-4-9(7-17-12)6-16-11-2-1-8(5-15)3-10(11)14/h1-4,7,16H,6H2. The topological polar surface area (TPSA) is 35.8 Å². The van der Waals surface area contributed by atoms with Crippen LogP contribution in [0.15, 0.2) is 33.4 Å². The number of halogens is 2. The highest BCUT2D eigenvalue weighted by molar-refractivity contribution is 9.11. The first-order valence-electron chi connectivity index (χ1n) is 4.85. The molecule has 1 aromatic heterocycles. The van der Waals surface area contributed by atoms with Gasteiger partial charge in [0.1, 0.15) is 0 Å². The summed E-state index contributed by atoms with van der Waals surface area (Å²) in [7, 11) is 0. The van der Waals surface area contributed by atoms with E-state index in [-0.39, 0.29) is 0 Å². The van der Waals surface area contributed by atoms with Crippen LogP contribution in [0.4, 0.5) is 5.69 Å². The third-order valence-electron chi connectivity index (χ3n) is 2.20. The maximum Gasteiger partial charge on any atom is 0.0992 e. The molecule has 5 heteroatoms. The van der Waals surface area contributed by atoms with E-state index in [1.807, 2.05) is 6.07 Å². The Kier molecular flexibility index (Phi) is 4.06. The minimum atomic E-state index is 0.568. The first kappa shape index (κ1) is 12.4. The number of anilines is 1. The predicted octanol–water partition coefficient (Wildman–Crippen LogP) is 4.65. The van der Waals surface area contributed by atoms with Crippen LogP contribution < -0.4 is 5.32 Å². The molecule has 0 bridgehead atoms. The Bertz CT molecular complexity index is 574. The number of rotatable bonds is 3. The lowest BCUT2D eigenvalue weighted by atomic mass is 10.2. The Morgan fingerprint density at radius 3 is 2.82 bits per heavy atom. The van der Waals surface area contributed by atoms with Gasteiger partial charge in [0, 0.05) is 6.54 Å². The highest BCUT2D eigenvalue weighted by Gasteiger charge is 2.02. The summed E-state index contributed by atoms with van der Waals surface area (Å²) in [6, 6.07) is 9.35. The van der Waals surface area contributed by atoms with Crippen molar-refractivity contribution in [3.63, 3.8) is 0 Å². The zero-order valence-electron chi connectivity index (χ0n) is 8.71. The summed E-state index contributed by atoms with van der Waals surface area (Å²) in [5, 5.41) is 14.6. The molecule has 1 aromatic carbocycles. The van der Waals surface area contributed by atoms with Crippen molar-refractivity contribution < 1.29 is 0 Å². The van der Waals surface area contributed by atoms with Crippen molar-refractivity contribution in [2.45, 2.75) is 6.54 Å². The molecule has 0 aliphatic rings. The summed E-state index contributed by atoms with van der Waals surface area (Å²) >= 11 is 11.1. The summed E-state index contributed by atoms with van der Waals surface area (Å²) in [5.74, 6) is 0. The summed E-state index contributed by atoms with van der Waals surface area (Å²) in [6.45, 7) is 0.716. The van der Waals surface area contributed by atoms with E-state index < -0.39 is 0 Å². The minimum absolute atomic E-state index is 0.568. The van der Waals surface area contributed by atoms with Gasteiger partial charge in [-0.3, -0.25) is 0 Å². The molecular formula is C12H8BrClN2S. The second-order valence-electron chi connectivity index (χ2n) is 3.42. The molecule has 0 amide bonds. The Labute approximate surface area is 117 Å². The largest absolute Gasteiger partial charge is 0.380 e. The van der Waals surface area contributed by atoms with E-state index >= 15 is 0 Å². The first-order valence-corrected chi connectivity index (χ1v) is 6.90. The van der Waals surface area contributed by atoms with Gasteiger partial charge in [-0.15, -0.1) is 11.3 Å². The molecule has 2 aromatic rings. The molecule has 0 saturated carbocycles. The molecule has 0 atom stereocenters. The molecule has 0 spiro atoms. The molecule has 17 heavy (non-hydrogen) atoms. The average Bonchev–Trinajstić information content (AvgIpc) is 2.73. The Balaban J connectivity index is 2.07. The van der Waals surface area contributed by atoms with Gasteiger partial charge >= 0.3 is 0 Å². The fourth-order valence-electron chi connectivity index (χ4n) is 1.36. The Morgan fingerprint density at radius 2 is 2.24 bits per heavy atom. The maximum atomic E-state index is 8.73. The summed E-state index contributed by atoms with van der Waals surface area (Å²) in [5.41, 5.74) is 2.61. The van der Waals surface area contributed by atoms with E-state index in [4.69, 9.17) is 16.9 Å². The van der Waals surface area contributed by atoms with Crippen molar-refractivity contribution in [2.75, 3.05) is 5.32 Å². The van der Waals surface area contributed by atoms with Crippen molar-refractivity contribution >= 4 is 44.6 Å². The monoisotopic (exact) mass is 326 g/mol. The van der Waals surface area contributed by atoms with Gasteiger partial charge in [-0.2, -0.15) is 5.26 Å².